The van der Waals surface area contributed by atoms with Gasteiger partial charge in [0.05, 0.1) is 6.61 Å². The topological polar surface area (TPSA) is 35.5 Å². The molecule has 0 unspecified atom stereocenters. The smallest absolute Gasteiger partial charge is 0.387 e. The Morgan fingerprint density at radius 2 is 2.06 bits per heavy atom. The monoisotopic (exact) mass is 230 g/mol. The van der Waals surface area contributed by atoms with Gasteiger partial charge in [-0.2, -0.15) is 8.78 Å². The molecule has 0 bridgehead atoms. The molecule has 0 aliphatic rings. The number of carbonyl (C=O) groups is 1. The first kappa shape index (κ1) is 12.4. The molecule has 0 saturated carbocycles. The lowest BCUT2D eigenvalue weighted by Crippen LogP contribution is -2.10. The van der Waals surface area contributed by atoms with E-state index >= 15 is 0 Å². The molecule has 0 radical (unpaired) electrons. The number of hydrogen-bond acceptors (Lipinski definition) is 3. The van der Waals surface area contributed by atoms with Crippen molar-refractivity contribution in [3.63, 3.8) is 0 Å². The van der Waals surface area contributed by atoms with Crippen LogP contribution in [0.5, 0.6) is 5.75 Å². The summed E-state index contributed by atoms with van der Waals surface area (Å²) in [6, 6.07) is 5.75. The Labute approximate surface area is 92.0 Å². The van der Waals surface area contributed by atoms with Crippen molar-refractivity contribution in [1.29, 1.82) is 0 Å². The molecule has 3 nitrogen and oxygen atoms in total. The second-order valence-electron chi connectivity index (χ2n) is 3.01. The predicted octanol–water partition coefficient (Wildman–Crippen LogP) is 2.85. The van der Waals surface area contributed by atoms with Gasteiger partial charge in [-0.15, -0.1) is 0 Å². The van der Waals surface area contributed by atoms with Gasteiger partial charge in [0.25, 0.3) is 0 Å². The lowest BCUT2D eigenvalue weighted by atomic mass is 10.2. The highest BCUT2D eigenvalue weighted by molar-refractivity contribution is 5.92. The molecule has 0 fully saturated rings. The molecular weight excluding hydrogens is 218 g/mol. The molecule has 0 heterocycles. The quantitative estimate of drug-likeness (QED) is 0.729. The fraction of sp³-hybridized carbons (Fsp3) is 0.364. The highest BCUT2D eigenvalue weighted by atomic mass is 19.3. The number of halogens is 2. The lowest BCUT2D eigenvalue weighted by Gasteiger charge is -2.09. The minimum atomic E-state index is -2.96. The van der Waals surface area contributed by atoms with E-state index in [4.69, 9.17) is 4.74 Å². The molecule has 16 heavy (non-hydrogen) atoms. The van der Waals surface area contributed by atoms with Gasteiger partial charge in [0, 0.05) is 0 Å². The van der Waals surface area contributed by atoms with Gasteiger partial charge in [-0.3, -0.25) is 0 Å². The molecule has 0 atom stereocenters. The van der Waals surface area contributed by atoms with E-state index in [-0.39, 0.29) is 17.9 Å². The summed E-state index contributed by atoms with van der Waals surface area (Å²) in [6.45, 7) is -0.864. The van der Waals surface area contributed by atoms with Crippen molar-refractivity contribution in [3.8, 4) is 5.75 Å². The van der Waals surface area contributed by atoms with Gasteiger partial charge >= 0.3 is 12.6 Å². The highest BCUT2D eigenvalue weighted by Crippen LogP contribution is 2.20. The third-order valence-corrected chi connectivity index (χ3v) is 1.76. The van der Waals surface area contributed by atoms with Crippen molar-refractivity contribution in [2.45, 2.75) is 20.0 Å². The molecule has 5 heteroatoms. The van der Waals surface area contributed by atoms with Crippen molar-refractivity contribution in [3.05, 3.63) is 29.8 Å². The van der Waals surface area contributed by atoms with E-state index in [0.717, 1.165) is 0 Å². The van der Waals surface area contributed by atoms with E-state index in [2.05, 4.69) is 4.74 Å². The summed E-state index contributed by atoms with van der Waals surface area (Å²) in [4.78, 5) is 11.5. The zero-order valence-electron chi connectivity index (χ0n) is 8.78. The number of esters is 1. The molecule has 0 saturated heterocycles. The van der Waals surface area contributed by atoms with E-state index < -0.39 is 12.6 Å². The van der Waals surface area contributed by atoms with Crippen LogP contribution in [0.4, 0.5) is 8.78 Å². The molecule has 1 aromatic carbocycles. The van der Waals surface area contributed by atoms with Gasteiger partial charge in [-0.05, 0) is 18.6 Å². The van der Waals surface area contributed by atoms with E-state index in [0.29, 0.717) is 6.42 Å². The first-order valence-corrected chi connectivity index (χ1v) is 4.86. The second kappa shape index (κ2) is 6.05. The third kappa shape index (κ3) is 3.49. The summed E-state index contributed by atoms with van der Waals surface area (Å²) >= 11 is 0. The Kier molecular flexibility index (Phi) is 4.69. The largest absolute Gasteiger partial charge is 0.462 e. The third-order valence-electron chi connectivity index (χ3n) is 1.76. The minimum absolute atomic E-state index is 0.0104. The number of para-hydroxylation sites is 1. The molecule has 0 aliphatic carbocycles. The lowest BCUT2D eigenvalue weighted by molar-refractivity contribution is -0.0504. The molecule has 0 spiro atoms. The van der Waals surface area contributed by atoms with Gasteiger partial charge in [0.15, 0.2) is 0 Å². The maximum absolute atomic E-state index is 12.0. The standard InChI is InChI=1S/C11H12F2O3/c1-2-7-15-10(14)8-5-3-4-6-9(8)16-11(12)13/h3-6,11H,2,7H2,1H3. The average molecular weight is 230 g/mol. The van der Waals surface area contributed by atoms with Gasteiger partial charge in [-0.1, -0.05) is 19.1 Å². The zero-order chi connectivity index (χ0) is 12.0. The van der Waals surface area contributed by atoms with Crippen molar-refractivity contribution < 1.29 is 23.0 Å². The average Bonchev–Trinajstić information content (AvgIpc) is 2.26. The predicted molar refractivity (Wildman–Crippen MR) is 53.6 cm³/mol. The van der Waals surface area contributed by atoms with Crippen molar-refractivity contribution in [2.24, 2.45) is 0 Å². The summed E-state index contributed by atoms with van der Waals surface area (Å²) in [5.41, 5.74) is 0.0104. The maximum Gasteiger partial charge on any atom is 0.387 e. The fourth-order valence-corrected chi connectivity index (χ4v) is 1.11. The summed E-state index contributed by atoms with van der Waals surface area (Å²) in [5, 5.41) is 0. The highest BCUT2D eigenvalue weighted by Gasteiger charge is 2.15. The van der Waals surface area contributed by atoms with E-state index in [1.807, 2.05) is 6.92 Å². The molecule has 0 aliphatic heterocycles. The molecule has 1 rings (SSSR count). The molecule has 0 aromatic heterocycles. The normalized spacial score (nSPS) is 10.2. The Bertz CT molecular complexity index is 353. The Balaban J connectivity index is 2.81. The van der Waals surface area contributed by atoms with Crippen molar-refractivity contribution in [1.82, 2.24) is 0 Å². The van der Waals surface area contributed by atoms with Gasteiger partial charge in [-0.25, -0.2) is 4.79 Å². The Morgan fingerprint density at radius 3 is 2.69 bits per heavy atom. The molecular formula is C11H12F2O3. The van der Waals surface area contributed by atoms with Gasteiger partial charge < -0.3 is 9.47 Å². The van der Waals surface area contributed by atoms with Crippen LogP contribution in [0.3, 0.4) is 0 Å². The maximum atomic E-state index is 12.0. The summed E-state index contributed by atoms with van der Waals surface area (Å²) in [6.07, 6.45) is 0.670. The zero-order valence-corrected chi connectivity index (χ0v) is 8.78. The fourth-order valence-electron chi connectivity index (χ4n) is 1.11. The molecule has 88 valence electrons. The SMILES string of the molecule is CCCOC(=O)c1ccccc1OC(F)F. The Hall–Kier alpha value is -1.65. The number of alkyl halides is 2. The summed E-state index contributed by atoms with van der Waals surface area (Å²) in [5.74, 6) is -0.822. The summed E-state index contributed by atoms with van der Waals surface area (Å²) in [7, 11) is 0. The number of benzene rings is 1. The van der Waals surface area contributed by atoms with Gasteiger partial charge in [0.1, 0.15) is 11.3 Å². The van der Waals surface area contributed by atoms with Crippen LogP contribution in [-0.4, -0.2) is 19.2 Å². The minimum Gasteiger partial charge on any atom is -0.462 e. The number of ether oxygens (including phenoxy) is 2. The van der Waals surface area contributed by atoms with Crippen molar-refractivity contribution >= 4 is 5.97 Å². The van der Waals surface area contributed by atoms with Crippen LogP contribution in [0.15, 0.2) is 24.3 Å². The number of hydrogen-bond donors (Lipinski definition) is 0. The first-order valence-electron chi connectivity index (χ1n) is 4.86. The van der Waals surface area contributed by atoms with Crippen molar-refractivity contribution in [2.75, 3.05) is 6.61 Å². The van der Waals surface area contributed by atoms with Crippen LogP contribution in [0.1, 0.15) is 23.7 Å². The van der Waals surface area contributed by atoms with Crippen LogP contribution in [-0.2, 0) is 4.74 Å². The molecule has 0 N–H and O–H groups in total. The Morgan fingerprint density at radius 1 is 1.38 bits per heavy atom. The van der Waals surface area contributed by atoms with E-state index in [9.17, 15) is 13.6 Å². The summed E-state index contributed by atoms with van der Waals surface area (Å²) < 4.78 is 33.1. The van der Waals surface area contributed by atoms with Crippen LogP contribution in [0.25, 0.3) is 0 Å². The van der Waals surface area contributed by atoms with E-state index in [1.165, 1.54) is 18.2 Å². The van der Waals surface area contributed by atoms with Crippen LogP contribution >= 0.6 is 0 Å². The first-order chi connectivity index (χ1) is 7.65. The second-order valence-corrected chi connectivity index (χ2v) is 3.01. The number of carbonyl (C=O) groups excluding carboxylic acids is 1. The van der Waals surface area contributed by atoms with Gasteiger partial charge in [0.2, 0.25) is 0 Å². The van der Waals surface area contributed by atoms with Crippen LogP contribution < -0.4 is 4.74 Å². The molecule has 0 amide bonds. The van der Waals surface area contributed by atoms with E-state index in [1.54, 1.807) is 6.07 Å². The van der Waals surface area contributed by atoms with Crippen LogP contribution in [0, 0.1) is 0 Å². The number of rotatable bonds is 5. The van der Waals surface area contributed by atoms with Crippen LogP contribution in [0.2, 0.25) is 0 Å². The molecule has 1 aromatic rings.